The highest BCUT2D eigenvalue weighted by atomic mass is 16.2. The molecule has 0 bridgehead atoms. The van der Waals surface area contributed by atoms with Crippen molar-refractivity contribution >= 4 is 11.7 Å². The lowest BCUT2D eigenvalue weighted by Crippen LogP contribution is -2.34. The Bertz CT molecular complexity index is 406. The first-order valence-electron chi connectivity index (χ1n) is 6.61. The van der Waals surface area contributed by atoms with Gasteiger partial charge in [0.2, 0.25) is 5.91 Å². The third-order valence-electron chi connectivity index (χ3n) is 2.78. The van der Waals surface area contributed by atoms with E-state index in [1.165, 1.54) is 0 Å². The summed E-state index contributed by atoms with van der Waals surface area (Å²) in [5.41, 5.74) is 1.12. The molecule has 0 aliphatic carbocycles. The molecule has 1 amide bonds. The lowest BCUT2D eigenvalue weighted by Gasteiger charge is -2.20. The Hall–Kier alpha value is -1.62. The van der Waals surface area contributed by atoms with Crippen molar-refractivity contribution in [3.05, 3.63) is 23.9 Å². The second-order valence-electron chi connectivity index (χ2n) is 4.90. The highest BCUT2D eigenvalue weighted by molar-refractivity contribution is 5.77. The van der Waals surface area contributed by atoms with Gasteiger partial charge < -0.3 is 10.2 Å². The fourth-order valence-corrected chi connectivity index (χ4v) is 1.69. The molecule has 1 N–H and O–H groups in total. The van der Waals surface area contributed by atoms with Crippen LogP contribution in [0.1, 0.15) is 18.9 Å². The van der Waals surface area contributed by atoms with Crippen LogP contribution in [0.4, 0.5) is 5.82 Å². The maximum absolute atomic E-state index is 11.7. The van der Waals surface area contributed by atoms with Gasteiger partial charge in [-0.2, -0.15) is 0 Å². The molecule has 0 saturated heterocycles. The van der Waals surface area contributed by atoms with Crippen LogP contribution in [0.25, 0.3) is 0 Å². The molecule has 0 atom stereocenters. The minimum Gasteiger partial charge on any atom is -0.370 e. The molecule has 1 heterocycles. The molecular formula is C14H24N4O. The summed E-state index contributed by atoms with van der Waals surface area (Å²) in [4.78, 5) is 19.6. The number of nitrogens with one attached hydrogen (secondary N) is 1. The fraction of sp³-hybridized carbons (Fsp3) is 0.571. The standard InChI is InChI=1S/C14H24N4O/c1-5-8-15-14-12(7-6-9-16-14)10-18(4)11-13(19)17(2)3/h6-7,9H,5,8,10-11H2,1-4H3,(H,15,16). The van der Waals surface area contributed by atoms with E-state index in [0.29, 0.717) is 13.1 Å². The number of carbonyl (C=O) groups excluding carboxylic acids is 1. The zero-order chi connectivity index (χ0) is 14.3. The Labute approximate surface area is 115 Å². The van der Waals surface area contributed by atoms with Crippen molar-refractivity contribution in [2.75, 3.05) is 39.5 Å². The largest absolute Gasteiger partial charge is 0.370 e. The van der Waals surface area contributed by atoms with E-state index in [9.17, 15) is 4.79 Å². The van der Waals surface area contributed by atoms with E-state index < -0.39 is 0 Å². The Morgan fingerprint density at radius 1 is 1.37 bits per heavy atom. The number of amides is 1. The molecule has 1 rings (SSSR count). The monoisotopic (exact) mass is 264 g/mol. The molecular weight excluding hydrogens is 240 g/mol. The molecule has 5 nitrogen and oxygen atoms in total. The highest BCUT2D eigenvalue weighted by Crippen LogP contribution is 2.13. The predicted molar refractivity (Wildman–Crippen MR) is 78.0 cm³/mol. The summed E-state index contributed by atoms with van der Waals surface area (Å²) in [5, 5.41) is 3.31. The summed E-state index contributed by atoms with van der Waals surface area (Å²) in [6.07, 6.45) is 2.84. The van der Waals surface area contributed by atoms with Crippen LogP contribution in [0.3, 0.4) is 0 Å². The van der Waals surface area contributed by atoms with Gasteiger partial charge in [0.1, 0.15) is 5.82 Å². The summed E-state index contributed by atoms with van der Waals surface area (Å²) >= 11 is 0. The van der Waals surface area contributed by atoms with Crippen LogP contribution in [0, 0.1) is 0 Å². The van der Waals surface area contributed by atoms with E-state index >= 15 is 0 Å². The first-order valence-corrected chi connectivity index (χ1v) is 6.61. The van der Waals surface area contributed by atoms with Crippen molar-refractivity contribution < 1.29 is 4.79 Å². The van der Waals surface area contributed by atoms with Gasteiger partial charge in [-0.05, 0) is 19.5 Å². The number of rotatable bonds is 7. The van der Waals surface area contributed by atoms with Crippen molar-refractivity contribution in [2.45, 2.75) is 19.9 Å². The predicted octanol–water partition coefficient (Wildman–Crippen LogP) is 1.42. The number of carbonyl (C=O) groups is 1. The molecule has 1 aromatic rings. The van der Waals surface area contributed by atoms with Crippen LogP contribution >= 0.6 is 0 Å². The number of likely N-dealkylation sites (N-methyl/N-ethyl adjacent to an activating group) is 2. The lowest BCUT2D eigenvalue weighted by molar-refractivity contribution is -0.129. The third-order valence-corrected chi connectivity index (χ3v) is 2.78. The molecule has 0 saturated carbocycles. The van der Waals surface area contributed by atoms with Gasteiger partial charge in [0.25, 0.3) is 0 Å². The summed E-state index contributed by atoms with van der Waals surface area (Å²) in [7, 11) is 5.49. The van der Waals surface area contributed by atoms with Crippen LogP contribution in [0.2, 0.25) is 0 Å². The molecule has 0 aliphatic heterocycles. The van der Waals surface area contributed by atoms with Crippen molar-refractivity contribution in [3.63, 3.8) is 0 Å². The summed E-state index contributed by atoms with van der Waals surface area (Å²) < 4.78 is 0. The Morgan fingerprint density at radius 2 is 2.11 bits per heavy atom. The summed E-state index contributed by atoms with van der Waals surface area (Å²) in [6.45, 7) is 4.15. The number of hydrogen-bond acceptors (Lipinski definition) is 4. The number of aromatic nitrogens is 1. The molecule has 0 unspecified atom stereocenters. The van der Waals surface area contributed by atoms with Gasteiger partial charge in [-0.3, -0.25) is 9.69 Å². The topological polar surface area (TPSA) is 48.5 Å². The number of pyridine rings is 1. The minimum atomic E-state index is 0.106. The maximum atomic E-state index is 11.7. The Kier molecular flexibility index (Phi) is 6.29. The molecule has 1 aromatic heterocycles. The maximum Gasteiger partial charge on any atom is 0.236 e. The molecule has 0 fully saturated rings. The van der Waals surface area contributed by atoms with Gasteiger partial charge in [-0.1, -0.05) is 13.0 Å². The average Bonchev–Trinajstić information content (AvgIpc) is 2.37. The van der Waals surface area contributed by atoms with Crippen molar-refractivity contribution in [1.82, 2.24) is 14.8 Å². The zero-order valence-electron chi connectivity index (χ0n) is 12.3. The third kappa shape index (κ3) is 5.26. The summed E-state index contributed by atoms with van der Waals surface area (Å²) in [5.74, 6) is 1.02. The van der Waals surface area contributed by atoms with E-state index in [2.05, 4.69) is 17.2 Å². The molecule has 0 aromatic carbocycles. The van der Waals surface area contributed by atoms with Crippen LogP contribution in [-0.4, -0.2) is 54.9 Å². The average molecular weight is 264 g/mol. The second kappa shape index (κ2) is 7.74. The van der Waals surface area contributed by atoms with E-state index in [1.54, 1.807) is 25.2 Å². The minimum absolute atomic E-state index is 0.106. The van der Waals surface area contributed by atoms with Gasteiger partial charge in [0.05, 0.1) is 6.54 Å². The van der Waals surface area contributed by atoms with Crippen LogP contribution < -0.4 is 5.32 Å². The summed E-state index contributed by atoms with van der Waals surface area (Å²) in [6, 6.07) is 3.97. The van der Waals surface area contributed by atoms with Gasteiger partial charge in [-0.25, -0.2) is 4.98 Å². The van der Waals surface area contributed by atoms with E-state index in [4.69, 9.17) is 0 Å². The van der Waals surface area contributed by atoms with Crippen molar-refractivity contribution in [2.24, 2.45) is 0 Å². The second-order valence-corrected chi connectivity index (χ2v) is 4.90. The normalized spacial score (nSPS) is 10.6. The van der Waals surface area contributed by atoms with Gasteiger partial charge in [0, 0.05) is 38.9 Å². The number of nitrogens with zero attached hydrogens (tertiary/aromatic N) is 3. The van der Waals surface area contributed by atoms with Crippen LogP contribution in [-0.2, 0) is 11.3 Å². The highest BCUT2D eigenvalue weighted by Gasteiger charge is 2.11. The van der Waals surface area contributed by atoms with Gasteiger partial charge >= 0.3 is 0 Å². The van der Waals surface area contributed by atoms with Gasteiger partial charge in [0.15, 0.2) is 0 Å². The van der Waals surface area contributed by atoms with Crippen LogP contribution in [0.5, 0.6) is 0 Å². The first-order chi connectivity index (χ1) is 9.04. The van der Waals surface area contributed by atoms with Crippen molar-refractivity contribution in [1.29, 1.82) is 0 Å². The Balaban J connectivity index is 2.62. The molecule has 0 radical (unpaired) electrons. The Morgan fingerprint density at radius 3 is 2.74 bits per heavy atom. The lowest BCUT2D eigenvalue weighted by atomic mass is 10.2. The smallest absolute Gasteiger partial charge is 0.236 e. The molecule has 19 heavy (non-hydrogen) atoms. The fourth-order valence-electron chi connectivity index (χ4n) is 1.69. The first kappa shape index (κ1) is 15.4. The number of hydrogen-bond donors (Lipinski definition) is 1. The molecule has 106 valence electrons. The van der Waals surface area contributed by atoms with Gasteiger partial charge in [-0.15, -0.1) is 0 Å². The van der Waals surface area contributed by atoms with E-state index in [0.717, 1.165) is 24.3 Å². The molecule has 5 heteroatoms. The molecule has 0 aliphatic rings. The van der Waals surface area contributed by atoms with E-state index in [-0.39, 0.29) is 5.91 Å². The molecule has 0 spiro atoms. The quantitative estimate of drug-likeness (QED) is 0.809. The zero-order valence-corrected chi connectivity index (χ0v) is 12.3. The van der Waals surface area contributed by atoms with Crippen LogP contribution in [0.15, 0.2) is 18.3 Å². The number of anilines is 1. The van der Waals surface area contributed by atoms with Crippen molar-refractivity contribution in [3.8, 4) is 0 Å². The van der Waals surface area contributed by atoms with E-state index in [1.807, 2.05) is 24.1 Å². The SMILES string of the molecule is CCCNc1ncccc1CN(C)CC(=O)N(C)C.